The summed E-state index contributed by atoms with van der Waals surface area (Å²) in [4.78, 5) is 43.3. The van der Waals surface area contributed by atoms with Gasteiger partial charge in [0.25, 0.3) is 5.43 Å². The molecule has 2 heterocycles. The molecule has 0 fully saturated rings. The van der Waals surface area contributed by atoms with Crippen molar-refractivity contribution in [2.75, 3.05) is 12.4 Å². The summed E-state index contributed by atoms with van der Waals surface area (Å²) in [6.07, 6.45) is 4.94. The number of nitrogens with two attached hydrogens (primary N) is 1. The van der Waals surface area contributed by atoms with E-state index in [4.69, 9.17) is 14.6 Å². The van der Waals surface area contributed by atoms with Crippen LogP contribution in [-0.4, -0.2) is 7.11 Å². The lowest BCUT2D eigenvalue weighted by molar-refractivity contribution is 0.401. The topological polar surface area (TPSA) is 142 Å². The number of hydrogen-bond donors (Lipinski definition) is 2. The van der Waals surface area contributed by atoms with E-state index in [9.17, 15) is 19.2 Å². The van der Waals surface area contributed by atoms with Gasteiger partial charge in [0, 0.05) is 11.1 Å². The van der Waals surface area contributed by atoms with Crippen molar-refractivity contribution < 1.29 is 13.6 Å². The number of nitrogens with one attached hydrogen (secondary N) is 1. The molecule has 4 aromatic rings. The van der Waals surface area contributed by atoms with E-state index in [2.05, 4.69) is 10.1 Å². The third-order valence-electron chi connectivity index (χ3n) is 5.41. The lowest BCUT2D eigenvalue weighted by Crippen LogP contribution is -2.37. The van der Waals surface area contributed by atoms with Crippen LogP contribution in [0.25, 0.3) is 0 Å². The fraction of sp³-hybridized carbons (Fsp3) is 0.360. The highest BCUT2D eigenvalue weighted by Gasteiger charge is 2.21. The average Bonchev–Trinajstić information content (AvgIpc) is 3.59. The fourth-order valence-electron chi connectivity index (χ4n) is 3.15. The molecule has 0 saturated heterocycles. The van der Waals surface area contributed by atoms with Gasteiger partial charge in [-0.25, -0.2) is 0 Å². The van der Waals surface area contributed by atoms with Gasteiger partial charge < -0.3 is 24.6 Å². The molecule has 0 spiro atoms. The van der Waals surface area contributed by atoms with Gasteiger partial charge in [0.05, 0.1) is 37.4 Å². The molecule has 3 N–H and O–H groups in total. The quantitative estimate of drug-likeness (QED) is 0.390. The van der Waals surface area contributed by atoms with Gasteiger partial charge in [0.2, 0.25) is 16.3 Å². The van der Waals surface area contributed by atoms with Crippen molar-refractivity contribution in [3.63, 3.8) is 0 Å². The van der Waals surface area contributed by atoms with Gasteiger partial charge in [-0.3, -0.25) is 19.2 Å². The predicted octanol–water partition coefficient (Wildman–Crippen LogP) is 3.04. The van der Waals surface area contributed by atoms with Crippen molar-refractivity contribution in [1.82, 2.24) is 0 Å². The van der Waals surface area contributed by atoms with Gasteiger partial charge in [0.1, 0.15) is 11.5 Å². The van der Waals surface area contributed by atoms with E-state index in [0.717, 1.165) is 24.4 Å². The highest BCUT2D eigenvalue weighted by Crippen LogP contribution is 2.22. The molecule has 0 aliphatic heterocycles. The van der Waals surface area contributed by atoms with Crippen LogP contribution in [0.15, 0.2) is 64.8 Å². The molecule has 0 radical (unpaired) electrons. The van der Waals surface area contributed by atoms with E-state index < -0.39 is 21.7 Å². The van der Waals surface area contributed by atoms with E-state index >= 15 is 0 Å². The van der Waals surface area contributed by atoms with Gasteiger partial charge >= 0.3 is 0 Å². The van der Waals surface area contributed by atoms with Crippen molar-refractivity contribution >= 4 is 5.69 Å². The first-order chi connectivity index (χ1) is 16.2. The van der Waals surface area contributed by atoms with Crippen LogP contribution in [0.1, 0.15) is 61.4 Å². The summed E-state index contributed by atoms with van der Waals surface area (Å²) in [5.41, 5.74) is 5.26. The van der Waals surface area contributed by atoms with Crippen molar-refractivity contribution in [2.45, 2.75) is 52.6 Å². The lowest BCUT2D eigenvalue weighted by Gasteiger charge is -2.17. The minimum atomic E-state index is -0.505. The molecule has 0 aliphatic carbocycles. The average molecular weight is 471 g/mol. The largest absolute Gasteiger partial charge is 0.492 e. The van der Waals surface area contributed by atoms with Crippen LogP contribution in [0.2, 0.25) is 0 Å². The van der Waals surface area contributed by atoms with Gasteiger partial charge in [-0.1, -0.05) is 13.8 Å². The predicted molar refractivity (Wildman–Crippen MR) is 130 cm³/mol. The molecule has 9 heteroatoms. The maximum Gasteiger partial charge on any atom is 0.268 e. The van der Waals surface area contributed by atoms with Crippen molar-refractivity contribution in [2.24, 2.45) is 5.73 Å². The standard InChI is InChI=1S/C12H13NO3.C7H11NO.C6H6O3/c1-3-8(9-5-4-6-16-9)13-10-7(2)11(14)12(10)15;1-2-6(8)7-4-3-5-9-7;1-3-4(7)5(8)6(3)9-2/h4-6,8,13H,3H2,1-2H3;3-6H,2,8H2,1H3;1-2H3/t8-;6-;/m11./s1. The Hall–Kier alpha value is -3.72. The Labute approximate surface area is 196 Å². The molecule has 0 bridgehead atoms. The second-order valence-corrected chi connectivity index (χ2v) is 7.63. The van der Waals surface area contributed by atoms with Crippen LogP contribution in [0.3, 0.4) is 0 Å². The minimum Gasteiger partial charge on any atom is -0.492 e. The Kier molecular flexibility index (Phi) is 9.32. The monoisotopic (exact) mass is 470 g/mol. The van der Waals surface area contributed by atoms with E-state index in [-0.39, 0.29) is 17.8 Å². The third-order valence-corrected chi connectivity index (χ3v) is 5.41. The van der Waals surface area contributed by atoms with Gasteiger partial charge in [-0.2, -0.15) is 0 Å². The molecular weight excluding hydrogens is 440 g/mol. The third kappa shape index (κ3) is 5.79. The molecule has 4 rings (SSSR count). The minimum absolute atomic E-state index is 0.0583. The molecule has 2 aromatic carbocycles. The number of anilines is 1. The summed E-state index contributed by atoms with van der Waals surface area (Å²) < 4.78 is 14.9. The summed E-state index contributed by atoms with van der Waals surface area (Å²) in [7, 11) is 1.38. The van der Waals surface area contributed by atoms with Crippen molar-refractivity contribution in [3.05, 3.63) is 100 Å². The van der Waals surface area contributed by atoms with Gasteiger partial charge in [0.15, 0.2) is 5.75 Å². The Morgan fingerprint density at radius 2 is 1.41 bits per heavy atom. The number of furan rings is 2. The van der Waals surface area contributed by atoms with Gasteiger partial charge in [-0.15, -0.1) is 0 Å². The molecule has 0 unspecified atom stereocenters. The van der Waals surface area contributed by atoms with E-state index in [1.54, 1.807) is 32.4 Å². The normalized spacial score (nSPS) is 12.3. The zero-order valence-corrected chi connectivity index (χ0v) is 20.0. The number of methoxy groups -OCH3 is 1. The van der Waals surface area contributed by atoms with Crippen LogP contribution >= 0.6 is 0 Å². The second-order valence-electron chi connectivity index (χ2n) is 7.63. The van der Waals surface area contributed by atoms with E-state index in [1.807, 2.05) is 32.0 Å². The first kappa shape index (κ1) is 26.5. The Morgan fingerprint density at radius 3 is 1.79 bits per heavy atom. The summed E-state index contributed by atoms with van der Waals surface area (Å²) in [5, 5.41) is 3.05. The SMILES string of the molecule is CC[C@@H](N)c1ccco1.CC[C@@H](Nc1c(C)c(=O)c1=O)c1ccco1.COc1c(C)c(=O)c1=O. The lowest BCUT2D eigenvalue weighted by atomic mass is 10.1. The smallest absolute Gasteiger partial charge is 0.268 e. The molecule has 9 nitrogen and oxygen atoms in total. The summed E-state index contributed by atoms with van der Waals surface area (Å²) >= 11 is 0. The fourth-order valence-corrected chi connectivity index (χ4v) is 3.15. The van der Waals surface area contributed by atoms with Crippen LogP contribution in [0.4, 0.5) is 5.69 Å². The highest BCUT2D eigenvalue weighted by atomic mass is 16.5. The molecule has 2 atom stereocenters. The van der Waals surface area contributed by atoms with Crippen LogP contribution in [0, 0.1) is 13.8 Å². The Bertz CT molecular complexity index is 1300. The molecule has 182 valence electrons. The number of hydrogen-bond acceptors (Lipinski definition) is 9. The first-order valence-electron chi connectivity index (χ1n) is 10.9. The van der Waals surface area contributed by atoms with Crippen molar-refractivity contribution in [1.29, 1.82) is 0 Å². The van der Waals surface area contributed by atoms with Crippen molar-refractivity contribution in [3.8, 4) is 5.75 Å². The zero-order chi connectivity index (χ0) is 25.4. The molecule has 0 saturated carbocycles. The maximum absolute atomic E-state index is 11.3. The number of ether oxygens (including phenoxy) is 1. The first-order valence-corrected chi connectivity index (χ1v) is 10.9. The van der Waals surface area contributed by atoms with Crippen LogP contribution in [0.5, 0.6) is 5.75 Å². The molecular formula is C25H30N2O7. The van der Waals surface area contributed by atoms with Crippen LogP contribution < -0.4 is 37.5 Å². The summed E-state index contributed by atoms with van der Waals surface area (Å²) in [5.74, 6) is 1.85. The van der Waals surface area contributed by atoms with E-state index in [1.165, 1.54) is 7.11 Å². The van der Waals surface area contributed by atoms with E-state index in [0.29, 0.717) is 16.8 Å². The van der Waals surface area contributed by atoms with Gasteiger partial charge in [-0.05, 0) is 51.0 Å². The molecule has 0 aliphatic rings. The Morgan fingerprint density at radius 1 is 0.853 bits per heavy atom. The summed E-state index contributed by atoms with van der Waals surface area (Å²) in [6.45, 7) is 7.25. The second kappa shape index (κ2) is 11.9. The highest BCUT2D eigenvalue weighted by molar-refractivity contribution is 5.56. The zero-order valence-electron chi connectivity index (χ0n) is 20.0. The van der Waals surface area contributed by atoms with Crippen LogP contribution in [-0.2, 0) is 0 Å². The molecule has 2 aromatic heterocycles. The summed E-state index contributed by atoms with van der Waals surface area (Å²) in [6, 6.07) is 7.41. The molecule has 34 heavy (non-hydrogen) atoms. The number of rotatable bonds is 7. The maximum atomic E-state index is 11.3. The Balaban J connectivity index is 0.000000194. The molecule has 0 amide bonds.